The van der Waals surface area contributed by atoms with Crippen LogP contribution in [0.3, 0.4) is 0 Å². The number of benzene rings is 2. The molecule has 34 heavy (non-hydrogen) atoms. The molecule has 1 saturated heterocycles. The summed E-state index contributed by atoms with van der Waals surface area (Å²) in [6, 6.07) is 14.6. The van der Waals surface area contributed by atoms with E-state index in [2.05, 4.69) is 25.1 Å². The summed E-state index contributed by atoms with van der Waals surface area (Å²) in [5.74, 6) is 0.649. The predicted octanol–water partition coefficient (Wildman–Crippen LogP) is 7.47. The van der Waals surface area contributed by atoms with E-state index < -0.39 is 0 Å². The van der Waals surface area contributed by atoms with Crippen LogP contribution in [0.25, 0.3) is 0 Å². The number of aryl methyl sites for hydroxylation is 1. The first-order valence-corrected chi connectivity index (χ1v) is 13.3. The Bertz CT molecular complexity index is 906. The van der Waals surface area contributed by atoms with Gasteiger partial charge in [0.2, 0.25) is 0 Å². The largest absolute Gasteiger partial charge is 0.462 e. The topological polar surface area (TPSA) is 44.8 Å². The van der Waals surface area contributed by atoms with Gasteiger partial charge in [-0.2, -0.15) is 0 Å². The second-order valence-electron chi connectivity index (χ2n) is 9.86. The van der Waals surface area contributed by atoms with Gasteiger partial charge in [0.1, 0.15) is 0 Å². The summed E-state index contributed by atoms with van der Waals surface area (Å²) < 4.78 is 17.6. The van der Waals surface area contributed by atoms with Crippen LogP contribution in [0.1, 0.15) is 116 Å². The van der Waals surface area contributed by atoms with Crippen LogP contribution in [0.5, 0.6) is 0 Å². The quantitative estimate of drug-likeness (QED) is 0.361. The van der Waals surface area contributed by atoms with Gasteiger partial charge >= 0.3 is 5.97 Å². The first-order valence-electron chi connectivity index (χ1n) is 13.3. The number of hydrogen-bond donors (Lipinski definition) is 0. The van der Waals surface area contributed by atoms with Crippen molar-refractivity contribution in [2.45, 2.75) is 89.8 Å². The van der Waals surface area contributed by atoms with Gasteiger partial charge in [-0.3, -0.25) is 0 Å². The van der Waals surface area contributed by atoms with E-state index in [0.29, 0.717) is 31.3 Å². The van der Waals surface area contributed by atoms with Crippen LogP contribution in [-0.4, -0.2) is 25.8 Å². The molecule has 2 aromatic carbocycles. The lowest BCUT2D eigenvalue weighted by atomic mass is 9.78. The number of carbonyl (C=O) groups excluding carboxylic acids is 1. The molecule has 2 fully saturated rings. The van der Waals surface area contributed by atoms with Gasteiger partial charge in [-0.25, -0.2) is 4.79 Å². The molecular formula is C30H40O4. The van der Waals surface area contributed by atoms with E-state index in [1.165, 1.54) is 56.1 Å². The highest BCUT2D eigenvalue weighted by Gasteiger charge is 2.29. The lowest BCUT2D eigenvalue weighted by molar-refractivity contribution is -0.191. The number of hydrogen-bond acceptors (Lipinski definition) is 4. The molecule has 4 rings (SSSR count). The SMILES string of the molecule is CCCCc1ccc([C@H]2CO[C@H](c3ccc(C(=O)OCCC)cc3)OC2)c(C2CCCCC2)c1. The highest BCUT2D eigenvalue weighted by Crippen LogP contribution is 2.39. The van der Waals surface area contributed by atoms with Gasteiger partial charge in [0.25, 0.3) is 0 Å². The average molecular weight is 465 g/mol. The molecule has 1 heterocycles. The second-order valence-corrected chi connectivity index (χ2v) is 9.86. The summed E-state index contributed by atoms with van der Waals surface area (Å²) in [6.45, 7) is 5.99. The standard InChI is InChI=1S/C30H40O4/c1-3-5-9-22-12-17-27(28(19-22)23-10-7-6-8-11-23)26-20-33-30(34-21-26)25-15-13-24(14-16-25)29(31)32-18-4-2/h12-17,19,23,26,30H,3-11,18,20-21H2,1-2H3/t26-,30-. The van der Waals surface area contributed by atoms with Gasteiger partial charge in [-0.05, 0) is 66.8 Å². The Morgan fingerprint density at radius 1 is 0.882 bits per heavy atom. The summed E-state index contributed by atoms with van der Waals surface area (Å²) in [6.07, 6.45) is 10.7. The first kappa shape index (κ1) is 24.9. The fraction of sp³-hybridized carbons (Fsp3) is 0.567. The van der Waals surface area contributed by atoms with Gasteiger partial charge in [-0.15, -0.1) is 0 Å². The molecule has 1 aliphatic heterocycles. The number of carbonyl (C=O) groups is 1. The van der Waals surface area contributed by atoms with E-state index in [9.17, 15) is 4.79 Å². The van der Waals surface area contributed by atoms with E-state index >= 15 is 0 Å². The Hall–Kier alpha value is -2.17. The predicted molar refractivity (Wildman–Crippen MR) is 135 cm³/mol. The van der Waals surface area contributed by atoms with Crippen molar-refractivity contribution in [3.05, 3.63) is 70.3 Å². The van der Waals surface area contributed by atoms with Gasteiger partial charge in [0, 0.05) is 11.5 Å². The summed E-state index contributed by atoms with van der Waals surface area (Å²) in [5, 5.41) is 0. The molecular weight excluding hydrogens is 424 g/mol. The Morgan fingerprint density at radius 3 is 2.29 bits per heavy atom. The van der Waals surface area contributed by atoms with Crippen molar-refractivity contribution < 1.29 is 19.0 Å². The Balaban J connectivity index is 1.42. The molecule has 0 unspecified atom stereocenters. The highest BCUT2D eigenvalue weighted by molar-refractivity contribution is 5.89. The maximum Gasteiger partial charge on any atom is 0.338 e. The number of rotatable bonds is 9. The molecule has 1 saturated carbocycles. The summed E-state index contributed by atoms with van der Waals surface area (Å²) in [7, 11) is 0. The minimum absolute atomic E-state index is 0.261. The van der Waals surface area contributed by atoms with Crippen molar-refractivity contribution in [1.29, 1.82) is 0 Å². The molecule has 0 radical (unpaired) electrons. The molecule has 0 amide bonds. The van der Waals surface area contributed by atoms with Gasteiger partial charge in [-0.1, -0.05) is 69.9 Å². The summed E-state index contributed by atoms with van der Waals surface area (Å²) in [4.78, 5) is 12.1. The second kappa shape index (κ2) is 12.5. The van der Waals surface area contributed by atoms with Crippen LogP contribution in [0.4, 0.5) is 0 Å². The number of unbranched alkanes of at least 4 members (excludes halogenated alkanes) is 1. The molecule has 0 aromatic heterocycles. The average Bonchev–Trinajstić information content (AvgIpc) is 2.91. The van der Waals surface area contributed by atoms with Crippen LogP contribution >= 0.6 is 0 Å². The van der Waals surface area contributed by atoms with Crippen molar-refractivity contribution in [1.82, 2.24) is 0 Å². The van der Waals surface area contributed by atoms with Gasteiger partial charge in [0.15, 0.2) is 6.29 Å². The molecule has 4 heteroatoms. The van der Waals surface area contributed by atoms with E-state index in [-0.39, 0.29) is 18.2 Å². The highest BCUT2D eigenvalue weighted by atomic mass is 16.7. The Kier molecular flexibility index (Phi) is 9.18. The van der Waals surface area contributed by atoms with Crippen LogP contribution in [0, 0.1) is 0 Å². The normalized spacial score (nSPS) is 21.4. The third-order valence-corrected chi connectivity index (χ3v) is 7.21. The van der Waals surface area contributed by atoms with E-state index in [0.717, 1.165) is 18.4 Å². The lowest BCUT2D eigenvalue weighted by Gasteiger charge is -2.33. The van der Waals surface area contributed by atoms with E-state index in [1.807, 2.05) is 19.1 Å². The van der Waals surface area contributed by atoms with Gasteiger partial charge in [0.05, 0.1) is 25.4 Å². The maximum atomic E-state index is 12.1. The van der Waals surface area contributed by atoms with Crippen molar-refractivity contribution in [3.8, 4) is 0 Å². The van der Waals surface area contributed by atoms with Crippen LogP contribution in [0.2, 0.25) is 0 Å². The third kappa shape index (κ3) is 6.28. The molecule has 0 N–H and O–H groups in total. The number of esters is 1. The van der Waals surface area contributed by atoms with Crippen LogP contribution in [-0.2, 0) is 20.6 Å². The fourth-order valence-electron chi connectivity index (χ4n) is 5.23. The molecule has 0 bridgehead atoms. The monoisotopic (exact) mass is 464 g/mol. The van der Waals surface area contributed by atoms with Crippen molar-refractivity contribution >= 4 is 5.97 Å². The molecule has 184 valence electrons. The molecule has 4 nitrogen and oxygen atoms in total. The Morgan fingerprint density at radius 2 is 1.62 bits per heavy atom. The zero-order valence-corrected chi connectivity index (χ0v) is 20.9. The van der Waals surface area contributed by atoms with Crippen molar-refractivity contribution in [2.24, 2.45) is 0 Å². The summed E-state index contributed by atoms with van der Waals surface area (Å²) >= 11 is 0. The fourth-order valence-corrected chi connectivity index (χ4v) is 5.23. The van der Waals surface area contributed by atoms with E-state index in [1.54, 1.807) is 17.7 Å². The van der Waals surface area contributed by atoms with Crippen molar-refractivity contribution in [3.63, 3.8) is 0 Å². The zero-order valence-electron chi connectivity index (χ0n) is 20.9. The molecule has 2 aliphatic rings. The molecule has 2 aromatic rings. The van der Waals surface area contributed by atoms with Crippen LogP contribution < -0.4 is 0 Å². The molecule has 0 atom stereocenters. The van der Waals surface area contributed by atoms with E-state index in [4.69, 9.17) is 14.2 Å². The zero-order chi connectivity index (χ0) is 23.8. The molecule has 1 aliphatic carbocycles. The van der Waals surface area contributed by atoms with Crippen molar-refractivity contribution in [2.75, 3.05) is 19.8 Å². The Labute approximate surface area is 205 Å². The van der Waals surface area contributed by atoms with Gasteiger partial charge < -0.3 is 14.2 Å². The van der Waals surface area contributed by atoms with Crippen LogP contribution in [0.15, 0.2) is 42.5 Å². The number of ether oxygens (including phenoxy) is 3. The smallest absolute Gasteiger partial charge is 0.338 e. The molecule has 0 spiro atoms. The maximum absolute atomic E-state index is 12.1. The minimum Gasteiger partial charge on any atom is -0.462 e. The minimum atomic E-state index is -0.390. The third-order valence-electron chi connectivity index (χ3n) is 7.21. The lowest BCUT2D eigenvalue weighted by Crippen LogP contribution is -2.27. The first-order chi connectivity index (χ1) is 16.7. The summed E-state index contributed by atoms with van der Waals surface area (Å²) in [5.41, 5.74) is 5.93.